The lowest BCUT2D eigenvalue weighted by atomic mass is 10.3. The topological polar surface area (TPSA) is 68.8 Å². The van der Waals surface area contributed by atoms with Crippen molar-refractivity contribution < 1.29 is 0 Å². The molecule has 1 heterocycles. The summed E-state index contributed by atoms with van der Waals surface area (Å²) in [6.45, 7) is 0.544. The molecule has 3 N–H and O–H groups in total. The first-order valence-corrected chi connectivity index (χ1v) is 4.30. The van der Waals surface area contributed by atoms with Gasteiger partial charge in [-0.25, -0.2) is 4.68 Å². The monoisotopic (exact) mass is 189 g/mol. The van der Waals surface area contributed by atoms with Gasteiger partial charge in [-0.15, -0.1) is 5.10 Å². The number of rotatable bonds is 3. The maximum atomic E-state index is 5.25. The van der Waals surface area contributed by atoms with E-state index in [1.54, 1.807) is 10.9 Å². The molecular weight excluding hydrogens is 178 g/mol. The SMILES string of the molecule is NNCc1cnnn1-c1ccccc1. The Kier molecular flexibility index (Phi) is 2.53. The predicted molar refractivity (Wildman–Crippen MR) is 52.4 cm³/mol. The van der Waals surface area contributed by atoms with Crippen molar-refractivity contribution in [3.05, 3.63) is 42.2 Å². The molecule has 0 atom stereocenters. The van der Waals surface area contributed by atoms with Crippen LogP contribution in [-0.4, -0.2) is 15.0 Å². The van der Waals surface area contributed by atoms with Crippen LogP contribution >= 0.6 is 0 Å². The highest BCUT2D eigenvalue weighted by atomic mass is 15.4. The summed E-state index contributed by atoms with van der Waals surface area (Å²) < 4.78 is 1.75. The Balaban J connectivity index is 2.37. The Labute approximate surface area is 81.5 Å². The molecule has 0 bridgehead atoms. The van der Waals surface area contributed by atoms with Crippen molar-refractivity contribution in [2.75, 3.05) is 0 Å². The predicted octanol–water partition coefficient (Wildman–Crippen LogP) is 0.231. The number of nitrogens with zero attached hydrogens (tertiary/aromatic N) is 3. The molecule has 0 saturated carbocycles. The number of hydrazine groups is 1. The third kappa shape index (κ3) is 1.63. The average Bonchev–Trinajstić information content (AvgIpc) is 2.68. The zero-order valence-corrected chi connectivity index (χ0v) is 7.59. The van der Waals surface area contributed by atoms with Crippen LogP contribution in [0.3, 0.4) is 0 Å². The van der Waals surface area contributed by atoms with E-state index in [0.717, 1.165) is 11.4 Å². The summed E-state index contributed by atoms with van der Waals surface area (Å²) in [5.74, 6) is 5.25. The molecule has 5 heteroatoms. The van der Waals surface area contributed by atoms with E-state index in [0.29, 0.717) is 6.54 Å². The van der Waals surface area contributed by atoms with Gasteiger partial charge in [0.05, 0.1) is 24.1 Å². The van der Waals surface area contributed by atoms with Gasteiger partial charge >= 0.3 is 0 Å². The summed E-state index contributed by atoms with van der Waals surface area (Å²) in [6.07, 6.45) is 1.69. The van der Waals surface area contributed by atoms with E-state index in [1.165, 1.54) is 0 Å². The first-order valence-electron chi connectivity index (χ1n) is 4.30. The molecule has 1 aromatic carbocycles. The third-order valence-electron chi connectivity index (χ3n) is 1.90. The lowest BCUT2D eigenvalue weighted by molar-refractivity contribution is 0.679. The number of para-hydroxylation sites is 1. The largest absolute Gasteiger partial charge is 0.271 e. The minimum absolute atomic E-state index is 0.544. The molecule has 0 amide bonds. The fourth-order valence-electron chi connectivity index (χ4n) is 1.27. The zero-order valence-electron chi connectivity index (χ0n) is 7.59. The maximum Gasteiger partial charge on any atom is 0.0797 e. The van der Waals surface area contributed by atoms with Crippen LogP contribution in [0.5, 0.6) is 0 Å². The Morgan fingerprint density at radius 3 is 2.79 bits per heavy atom. The highest BCUT2D eigenvalue weighted by Gasteiger charge is 2.03. The standard InChI is InChI=1S/C9H11N5/c10-11-6-9-7-12-13-14(9)8-4-2-1-3-5-8/h1-5,7,11H,6,10H2. The summed E-state index contributed by atoms with van der Waals surface area (Å²) in [4.78, 5) is 0. The summed E-state index contributed by atoms with van der Waals surface area (Å²) in [5, 5.41) is 7.81. The van der Waals surface area contributed by atoms with Crippen LogP contribution in [0.4, 0.5) is 0 Å². The second kappa shape index (κ2) is 3.99. The Morgan fingerprint density at radius 2 is 2.07 bits per heavy atom. The lowest BCUT2D eigenvalue weighted by Crippen LogP contribution is -2.22. The van der Waals surface area contributed by atoms with Crippen LogP contribution in [0.2, 0.25) is 0 Å². The van der Waals surface area contributed by atoms with E-state index < -0.39 is 0 Å². The fraction of sp³-hybridized carbons (Fsp3) is 0.111. The van der Waals surface area contributed by atoms with Gasteiger partial charge in [0.15, 0.2) is 0 Å². The van der Waals surface area contributed by atoms with Gasteiger partial charge in [-0.1, -0.05) is 23.4 Å². The quantitative estimate of drug-likeness (QED) is 0.535. The number of hydrogen-bond acceptors (Lipinski definition) is 4. The summed E-state index contributed by atoms with van der Waals surface area (Å²) in [5.41, 5.74) is 4.49. The second-order valence-electron chi connectivity index (χ2n) is 2.85. The lowest BCUT2D eigenvalue weighted by Gasteiger charge is -2.04. The molecule has 5 nitrogen and oxygen atoms in total. The first kappa shape index (κ1) is 8.86. The van der Waals surface area contributed by atoms with E-state index in [2.05, 4.69) is 15.7 Å². The molecule has 1 aromatic heterocycles. The van der Waals surface area contributed by atoms with Crippen molar-refractivity contribution in [3.8, 4) is 5.69 Å². The number of benzene rings is 1. The molecule has 0 radical (unpaired) electrons. The number of nitrogens with two attached hydrogens (primary N) is 1. The first-order chi connectivity index (χ1) is 6.92. The number of nitrogens with one attached hydrogen (secondary N) is 1. The molecule has 14 heavy (non-hydrogen) atoms. The molecule has 0 spiro atoms. The normalized spacial score (nSPS) is 10.4. The van der Waals surface area contributed by atoms with Gasteiger partial charge < -0.3 is 0 Å². The van der Waals surface area contributed by atoms with Crippen LogP contribution in [0.25, 0.3) is 5.69 Å². The maximum absolute atomic E-state index is 5.25. The van der Waals surface area contributed by atoms with E-state index in [1.807, 2.05) is 30.3 Å². The molecule has 0 aliphatic rings. The Bertz CT molecular complexity index is 395. The Morgan fingerprint density at radius 1 is 1.29 bits per heavy atom. The molecule has 0 aliphatic heterocycles. The minimum Gasteiger partial charge on any atom is -0.271 e. The van der Waals surface area contributed by atoms with Gasteiger partial charge in [0.25, 0.3) is 0 Å². The number of aromatic nitrogens is 3. The number of hydrogen-bond donors (Lipinski definition) is 2. The van der Waals surface area contributed by atoms with Gasteiger partial charge in [-0.2, -0.15) is 0 Å². The molecule has 2 aromatic rings. The van der Waals surface area contributed by atoms with Crippen molar-refractivity contribution in [2.24, 2.45) is 5.84 Å². The molecule has 0 fully saturated rings. The Hall–Kier alpha value is -1.72. The molecule has 0 aliphatic carbocycles. The second-order valence-corrected chi connectivity index (χ2v) is 2.85. The van der Waals surface area contributed by atoms with Crippen LogP contribution < -0.4 is 11.3 Å². The summed E-state index contributed by atoms with van der Waals surface area (Å²) in [7, 11) is 0. The van der Waals surface area contributed by atoms with Crippen LogP contribution in [-0.2, 0) is 6.54 Å². The van der Waals surface area contributed by atoms with E-state index in [4.69, 9.17) is 5.84 Å². The van der Waals surface area contributed by atoms with Gasteiger partial charge in [-0.05, 0) is 12.1 Å². The van der Waals surface area contributed by atoms with E-state index in [9.17, 15) is 0 Å². The summed E-state index contributed by atoms with van der Waals surface area (Å²) >= 11 is 0. The van der Waals surface area contributed by atoms with Crippen LogP contribution in [0.1, 0.15) is 5.69 Å². The highest BCUT2D eigenvalue weighted by Crippen LogP contribution is 2.07. The van der Waals surface area contributed by atoms with Crippen molar-refractivity contribution in [3.63, 3.8) is 0 Å². The fourth-order valence-corrected chi connectivity index (χ4v) is 1.27. The molecule has 0 unspecified atom stereocenters. The van der Waals surface area contributed by atoms with Crippen molar-refractivity contribution in [1.29, 1.82) is 0 Å². The van der Waals surface area contributed by atoms with Gasteiger partial charge in [0.1, 0.15) is 0 Å². The zero-order chi connectivity index (χ0) is 9.80. The smallest absolute Gasteiger partial charge is 0.0797 e. The molecule has 0 saturated heterocycles. The molecule has 2 rings (SSSR count). The van der Waals surface area contributed by atoms with Crippen LogP contribution in [0.15, 0.2) is 36.5 Å². The van der Waals surface area contributed by atoms with Gasteiger partial charge in [0.2, 0.25) is 0 Å². The average molecular weight is 189 g/mol. The van der Waals surface area contributed by atoms with Crippen LogP contribution in [0, 0.1) is 0 Å². The summed E-state index contributed by atoms with van der Waals surface area (Å²) in [6, 6.07) is 9.80. The van der Waals surface area contributed by atoms with Crippen molar-refractivity contribution in [2.45, 2.75) is 6.54 Å². The highest BCUT2D eigenvalue weighted by molar-refractivity contribution is 5.31. The minimum atomic E-state index is 0.544. The van der Waals surface area contributed by atoms with Crippen molar-refractivity contribution in [1.82, 2.24) is 20.4 Å². The van der Waals surface area contributed by atoms with Gasteiger partial charge in [0, 0.05) is 0 Å². The molecule has 72 valence electrons. The third-order valence-corrected chi connectivity index (χ3v) is 1.90. The molecular formula is C9H11N5. The van der Waals surface area contributed by atoms with Crippen molar-refractivity contribution >= 4 is 0 Å². The van der Waals surface area contributed by atoms with E-state index in [-0.39, 0.29) is 0 Å². The van der Waals surface area contributed by atoms with Gasteiger partial charge in [-0.3, -0.25) is 11.3 Å². The van der Waals surface area contributed by atoms with E-state index >= 15 is 0 Å².